The van der Waals surface area contributed by atoms with Gasteiger partial charge in [-0.2, -0.15) is 0 Å². The third-order valence-electron chi connectivity index (χ3n) is 4.18. The lowest BCUT2D eigenvalue weighted by molar-refractivity contribution is 0.322. The standard InChI is InChI=1S/C16H23Cl2N/c1-3-9-19-12-7-8-16(2,10-12)11-13-14(17)5-4-6-15(13)18/h4-6,12,19H,3,7-11H2,1-2H3. The second kappa shape index (κ2) is 6.47. The number of nitrogens with one attached hydrogen (secondary N) is 1. The van der Waals surface area contributed by atoms with E-state index < -0.39 is 0 Å². The van der Waals surface area contributed by atoms with Gasteiger partial charge < -0.3 is 5.32 Å². The zero-order valence-electron chi connectivity index (χ0n) is 11.8. The fraction of sp³-hybridized carbons (Fsp3) is 0.625. The molecule has 3 heteroatoms. The SMILES string of the molecule is CCCNC1CCC(C)(Cc2c(Cl)cccc2Cl)C1. The first kappa shape index (κ1) is 15.2. The molecule has 19 heavy (non-hydrogen) atoms. The van der Waals surface area contributed by atoms with Gasteiger partial charge in [0.1, 0.15) is 0 Å². The molecule has 1 nitrogen and oxygen atoms in total. The first-order chi connectivity index (χ1) is 9.04. The Morgan fingerprint density at radius 2 is 2.00 bits per heavy atom. The summed E-state index contributed by atoms with van der Waals surface area (Å²) >= 11 is 12.6. The van der Waals surface area contributed by atoms with Crippen molar-refractivity contribution in [3.05, 3.63) is 33.8 Å². The number of halogens is 2. The van der Waals surface area contributed by atoms with E-state index in [1.165, 1.54) is 25.7 Å². The molecule has 1 aliphatic carbocycles. The molecule has 0 bridgehead atoms. The summed E-state index contributed by atoms with van der Waals surface area (Å²) in [5.74, 6) is 0. The molecule has 1 saturated carbocycles. The van der Waals surface area contributed by atoms with Crippen LogP contribution in [0.5, 0.6) is 0 Å². The predicted molar refractivity (Wildman–Crippen MR) is 84.2 cm³/mol. The number of hydrogen-bond acceptors (Lipinski definition) is 1. The Labute approximate surface area is 126 Å². The van der Waals surface area contributed by atoms with Crippen LogP contribution in [-0.2, 0) is 6.42 Å². The highest BCUT2D eigenvalue weighted by Crippen LogP contribution is 2.43. The minimum atomic E-state index is 0.319. The Bertz CT molecular complexity index is 413. The molecule has 2 atom stereocenters. The number of benzene rings is 1. The van der Waals surface area contributed by atoms with E-state index in [1.807, 2.05) is 18.2 Å². The van der Waals surface area contributed by atoms with E-state index in [2.05, 4.69) is 19.2 Å². The maximum Gasteiger partial charge on any atom is 0.0453 e. The lowest BCUT2D eigenvalue weighted by Crippen LogP contribution is -2.29. The van der Waals surface area contributed by atoms with E-state index in [4.69, 9.17) is 23.2 Å². The topological polar surface area (TPSA) is 12.0 Å². The van der Waals surface area contributed by atoms with Gasteiger partial charge in [0.05, 0.1) is 0 Å². The van der Waals surface area contributed by atoms with Crippen LogP contribution in [0.15, 0.2) is 18.2 Å². The average Bonchev–Trinajstić information content (AvgIpc) is 2.74. The summed E-state index contributed by atoms with van der Waals surface area (Å²) in [4.78, 5) is 0. The van der Waals surface area contributed by atoms with Gasteiger partial charge in [-0.05, 0) is 61.8 Å². The molecule has 106 valence electrons. The first-order valence-electron chi connectivity index (χ1n) is 7.20. The van der Waals surface area contributed by atoms with Gasteiger partial charge in [-0.1, -0.05) is 43.1 Å². The van der Waals surface area contributed by atoms with Crippen LogP contribution in [-0.4, -0.2) is 12.6 Å². The van der Waals surface area contributed by atoms with Gasteiger partial charge in [-0.3, -0.25) is 0 Å². The maximum absolute atomic E-state index is 6.29. The molecular formula is C16H23Cl2N. The minimum Gasteiger partial charge on any atom is -0.314 e. The third kappa shape index (κ3) is 3.87. The van der Waals surface area contributed by atoms with Crippen molar-refractivity contribution in [1.82, 2.24) is 5.32 Å². The van der Waals surface area contributed by atoms with Gasteiger partial charge in [-0.25, -0.2) is 0 Å². The van der Waals surface area contributed by atoms with Crippen molar-refractivity contribution < 1.29 is 0 Å². The molecule has 0 radical (unpaired) electrons. The Kier molecular flexibility index (Phi) is 5.16. The fourth-order valence-corrected chi connectivity index (χ4v) is 3.66. The molecule has 1 aromatic carbocycles. The van der Waals surface area contributed by atoms with Crippen LogP contribution < -0.4 is 5.32 Å². The van der Waals surface area contributed by atoms with Crippen LogP contribution in [0, 0.1) is 5.41 Å². The van der Waals surface area contributed by atoms with E-state index in [0.29, 0.717) is 11.5 Å². The number of rotatable bonds is 5. The van der Waals surface area contributed by atoms with Crippen LogP contribution >= 0.6 is 23.2 Å². The molecule has 0 spiro atoms. The summed E-state index contributed by atoms with van der Waals surface area (Å²) in [6.45, 7) is 5.69. The van der Waals surface area contributed by atoms with Crippen LogP contribution in [0.3, 0.4) is 0 Å². The molecule has 1 aliphatic rings. The van der Waals surface area contributed by atoms with E-state index in [-0.39, 0.29) is 0 Å². The van der Waals surface area contributed by atoms with Crippen LogP contribution in [0.25, 0.3) is 0 Å². The number of hydrogen-bond donors (Lipinski definition) is 1. The highest BCUT2D eigenvalue weighted by molar-refractivity contribution is 6.36. The van der Waals surface area contributed by atoms with Crippen LogP contribution in [0.1, 0.15) is 45.1 Å². The molecule has 2 rings (SSSR count). The summed E-state index contributed by atoms with van der Waals surface area (Å²) in [5, 5.41) is 5.24. The molecule has 1 aromatic rings. The summed E-state index contributed by atoms with van der Waals surface area (Å²) < 4.78 is 0. The summed E-state index contributed by atoms with van der Waals surface area (Å²) in [7, 11) is 0. The van der Waals surface area contributed by atoms with Crippen molar-refractivity contribution in [1.29, 1.82) is 0 Å². The summed E-state index contributed by atoms with van der Waals surface area (Å²) in [6, 6.07) is 6.45. The van der Waals surface area contributed by atoms with Crippen LogP contribution in [0.2, 0.25) is 10.0 Å². The van der Waals surface area contributed by atoms with Gasteiger partial charge in [0.15, 0.2) is 0 Å². The Hall–Kier alpha value is -0.240. The summed E-state index contributed by atoms with van der Waals surface area (Å²) in [6.07, 6.45) is 5.91. The average molecular weight is 300 g/mol. The van der Waals surface area contributed by atoms with Crippen molar-refractivity contribution in [3.8, 4) is 0 Å². The maximum atomic E-state index is 6.29. The van der Waals surface area contributed by atoms with Crippen molar-refractivity contribution in [2.24, 2.45) is 5.41 Å². The Morgan fingerprint density at radius 3 is 2.63 bits per heavy atom. The Balaban J connectivity index is 2.03. The molecule has 2 unspecified atom stereocenters. The normalized spacial score (nSPS) is 26.8. The quantitative estimate of drug-likeness (QED) is 0.798. The van der Waals surface area contributed by atoms with Gasteiger partial charge in [0, 0.05) is 16.1 Å². The van der Waals surface area contributed by atoms with E-state index >= 15 is 0 Å². The monoisotopic (exact) mass is 299 g/mol. The largest absolute Gasteiger partial charge is 0.314 e. The minimum absolute atomic E-state index is 0.319. The molecule has 0 saturated heterocycles. The highest BCUT2D eigenvalue weighted by Gasteiger charge is 2.35. The molecule has 0 aromatic heterocycles. The molecule has 0 aliphatic heterocycles. The second-order valence-corrected chi connectivity index (χ2v) is 6.90. The van der Waals surface area contributed by atoms with Gasteiger partial charge >= 0.3 is 0 Å². The molecule has 1 fully saturated rings. The van der Waals surface area contributed by atoms with Crippen molar-refractivity contribution in [2.75, 3.05) is 6.54 Å². The zero-order valence-corrected chi connectivity index (χ0v) is 13.3. The molecule has 0 heterocycles. The summed E-state index contributed by atoms with van der Waals surface area (Å²) in [5.41, 5.74) is 1.43. The zero-order chi connectivity index (χ0) is 13.9. The van der Waals surface area contributed by atoms with E-state index in [0.717, 1.165) is 28.6 Å². The smallest absolute Gasteiger partial charge is 0.0453 e. The first-order valence-corrected chi connectivity index (χ1v) is 7.96. The lowest BCUT2D eigenvalue weighted by atomic mass is 9.82. The van der Waals surface area contributed by atoms with Crippen LogP contribution in [0.4, 0.5) is 0 Å². The van der Waals surface area contributed by atoms with Gasteiger partial charge in [0.2, 0.25) is 0 Å². The second-order valence-electron chi connectivity index (χ2n) is 6.08. The van der Waals surface area contributed by atoms with Crippen molar-refractivity contribution in [3.63, 3.8) is 0 Å². The van der Waals surface area contributed by atoms with Gasteiger partial charge in [0.25, 0.3) is 0 Å². The molecular weight excluding hydrogens is 277 g/mol. The predicted octanol–water partition coefficient (Wildman–Crippen LogP) is 5.09. The van der Waals surface area contributed by atoms with Crippen molar-refractivity contribution >= 4 is 23.2 Å². The molecule has 0 amide bonds. The van der Waals surface area contributed by atoms with E-state index in [1.54, 1.807) is 0 Å². The van der Waals surface area contributed by atoms with Crippen molar-refractivity contribution in [2.45, 2.75) is 52.0 Å². The highest BCUT2D eigenvalue weighted by atomic mass is 35.5. The molecule has 1 N–H and O–H groups in total. The van der Waals surface area contributed by atoms with Gasteiger partial charge in [-0.15, -0.1) is 0 Å². The van der Waals surface area contributed by atoms with E-state index in [9.17, 15) is 0 Å². The fourth-order valence-electron chi connectivity index (χ4n) is 3.13. The lowest BCUT2D eigenvalue weighted by Gasteiger charge is -2.25. The Morgan fingerprint density at radius 1 is 1.32 bits per heavy atom. The third-order valence-corrected chi connectivity index (χ3v) is 4.89.